The molecule has 166 valence electrons. The molecular weight excluding hydrogens is 425 g/mol. The van der Waals surface area contributed by atoms with Gasteiger partial charge in [-0.2, -0.15) is 4.98 Å². The molecule has 0 aliphatic rings. The highest BCUT2D eigenvalue weighted by Gasteiger charge is 2.27. The summed E-state index contributed by atoms with van der Waals surface area (Å²) in [5.41, 5.74) is 5.91. The minimum absolute atomic E-state index is 0.0106. The summed E-state index contributed by atoms with van der Waals surface area (Å²) in [6.45, 7) is 3.82. The maximum atomic E-state index is 13.3. The van der Waals surface area contributed by atoms with Gasteiger partial charge in [-0.1, -0.05) is 26.0 Å². The second-order valence-corrected chi connectivity index (χ2v) is 9.36. The topological polar surface area (TPSA) is 140 Å². The molecule has 3 rings (SSSR count). The molecule has 10 nitrogen and oxygen atoms in total. The van der Waals surface area contributed by atoms with Crippen molar-refractivity contribution in [3.8, 4) is 0 Å². The smallest absolute Gasteiger partial charge is 0.339 e. The lowest BCUT2D eigenvalue weighted by atomic mass is 10.2. The summed E-state index contributed by atoms with van der Waals surface area (Å²) in [5, 5.41) is -0.306. The monoisotopic (exact) mass is 449 g/mol. The summed E-state index contributed by atoms with van der Waals surface area (Å²) in [6.07, 6.45) is 0.679. The van der Waals surface area contributed by atoms with Crippen LogP contribution in [0, 0.1) is 10.6 Å². The van der Waals surface area contributed by atoms with Gasteiger partial charge in [0.05, 0.1) is 6.54 Å². The number of amides is 1. The molecule has 0 bridgehead atoms. The molecule has 1 atom stereocenters. The Morgan fingerprint density at radius 1 is 1.26 bits per heavy atom. The number of benzene rings is 1. The SMILES string of the molecule is CCCN(C)C(=O)n1c(=O)n(Cc2ccc(F)cc2)c2nc(S(=N)(=O)CC)nc(N)c21. The van der Waals surface area contributed by atoms with Gasteiger partial charge in [-0.05, 0) is 24.1 Å². The molecule has 0 spiro atoms. The van der Waals surface area contributed by atoms with Crippen LogP contribution < -0.4 is 11.4 Å². The molecule has 0 aliphatic carbocycles. The molecule has 0 saturated heterocycles. The maximum Gasteiger partial charge on any atom is 0.339 e. The third kappa shape index (κ3) is 4.15. The molecule has 1 amide bonds. The van der Waals surface area contributed by atoms with Crippen LogP contribution in [0.3, 0.4) is 0 Å². The predicted octanol–water partition coefficient (Wildman–Crippen LogP) is 2.10. The van der Waals surface area contributed by atoms with Crippen LogP contribution >= 0.6 is 0 Å². The Bertz CT molecular complexity index is 1300. The highest BCUT2D eigenvalue weighted by atomic mass is 32.2. The summed E-state index contributed by atoms with van der Waals surface area (Å²) >= 11 is 0. The zero-order valence-electron chi connectivity index (χ0n) is 17.5. The van der Waals surface area contributed by atoms with Crippen molar-refractivity contribution in [1.82, 2.24) is 24.0 Å². The van der Waals surface area contributed by atoms with Gasteiger partial charge < -0.3 is 10.6 Å². The Labute approximate surface area is 178 Å². The first-order chi connectivity index (χ1) is 14.6. The number of hydrogen-bond donors (Lipinski definition) is 2. The number of nitrogen functional groups attached to an aromatic ring is 1. The van der Waals surface area contributed by atoms with Crippen LogP contribution in [0.1, 0.15) is 25.8 Å². The van der Waals surface area contributed by atoms with Gasteiger partial charge in [0.2, 0.25) is 5.16 Å². The van der Waals surface area contributed by atoms with Crippen LogP contribution in [0.5, 0.6) is 0 Å². The van der Waals surface area contributed by atoms with E-state index in [0.29, 0.717) is 18.5 Å². The number of nitrogens with two attached hydrogens (primary N) is 1. The summed E-state index contributed by atoms with van der Waals surface area (Å²) in [5.74, 6) is -0.693. The number of nitrogens with zero attached hydrogens (tertiary/aromatic N) is 5. The number of carbonyl (C=O) groups excluding carboxylic acids is 1. The van der Waals surface area contributed by atoms with E-state index in [1.54, 1.807) is 14.0 Å². The molecule has 31 heavy (non-hydrogen) atoms. The van der Waals surface area contributed by atoms with Gasteiger partial charge in [0, 0.05) is 19.3 Å². The second-order valence-electron chi connectivity index (χ2n) is 7.06. The fourth-order valence-corrected chi connectivity index (χ4v) is 3.86. The molecule has 2 aromatic heterocycles. The van der Waals surface area contributed by atoms with Crippen LogP contribution in [0.4, 0.5) is 15.0 Å². The molecule has 1 aromatic carbocycles. The quantitative estimate of drug-likeness (QED) is 0.552. The van der Waals surface area contributed by atoms with Gasteiger partial charge in [-0.3, -0.25) is 4.57 Å². The molecule has 1 unspecified atom stereocenters. The van der Waals surface area contributed by atoms with Gasteiger partial charge in [0.1, 0.15) is 21.1 Å². The van der Waals surface area contributed by atoms with Gasteiger partial charge in [0.15, 0.2) is 11.5 Å². The molecule has 0 radical (unpaired) electrons. The summed E-state index contributed by atoms with van der Waals surface area (Å²) < 4.78 is 35.9. The van der Waals surface area contributed by atoms with E-state index in [1.165, 1.54) is 33.7 Å². The fraction of sp³-hybridized carbons (Fsp3) is 0.368. The molecule has 0 saturated carbocycles. The molecule has 3 N–H and O–H groups in total. The Hall–Kier alpha value is -3.28. The molecule has 12 heteroatoms. The van der Waals surface area contributed by atoms with Gasteiger partial charge in [-0.25, -0.2) is 32.5 Å². The molecule has 0 fully saturated rings. The number of rotatable bonds is 6. The van der Waals surface area contributed by atoms with Crippen molar-refractivity contribution in [2.45, 2.75) is 32.0 Å². The van der Waals surface area contributed by atoms with Crippen LogP contribution in [0.15, 0.2) is 34.2 Å². The lowest BCUT2D eigenvalue weighted by Crippen LogP contribution is -2.38. The number of halogens is 1. The van der Waals surface area contributed by atoms with Crippen molar-refractivity contribution in [3.05, 3.63) is 46.1 Å². The zero-order valence-corrected chi connectivity index (χ0v) is 18.3. The first-order valence-corrected chi connectivity index (χ1v) is 11.4. The summed E-state index contributed by atoms with van der Waals surface area (Å²) in [4.78, 5) is 35.8. The summed E-state index contributed by atoms with van der Waals surface area (Å²) in [7, 11) is -1.77. The number of hydrogen-bond acceptors (Lipinski definition) is 7. The Balaban J connectivity index is 2.32. The van der Waals surface area contributed by atoms with Gasteiger partial charge in [-0.15, -0.1) is 0 Å². The highest BCUT2D eigenvalue weighted by Crippen LogP contribution is 2.21. The van der Waals surface area contributed by atoms with E-state index >= 15 is 0 Å². The maximum absolute atomic E-state index is 13.3. The molecule has 2 heterocycles. The van der Waals surface area contributed by atoms with Crippen LogP contribution in [0.2, 0.25) is 0 Å². The average Bonchev–Trinajstić information content (AvgIpc) is 3.01. The van der Waals surface area contributed by atoms with Crippen LogP contribution in [-0.4, -0.2) is 53.6 Å². The zero-order chi connectivity index (χ0) is 22.9. The van der Waals surface area contributed by atoms with E-state index in [4.69, 9.17) is 10.5 Å². The number of anilines is 1. The number of aromatic nitrogens is 4. The average molecular weight is 450 g/mol. The van der Waals surface area contributed by atoms with E-state index in [1.807, 2.05) is 6.92 Å². The lowest BCUT2D eigenvalue weighted by molar-refractivity contribution is 0.210. The van der Waals surface area contributed by atoms with Crippen molar-refractivity contribution in [2.75, 3.05) is 25.1 Å². The van der Waals surface area contributed by atoms with Crippen molar-refractivity contribution in [2.24, 2.45) is 0 Å². The van der Waals surface area contributed by atoms with Crippen LogP contribution in [0.25, 0.3) is 11.2 Å². The standard InChI is InChI=1S/C19H24FN7O3S/c1-4-10-25(3)18(28)27-14-15(21)23-17(31(22,30)5-2)24-16(14)26(19(27)29)11-12-6-8-13(20)9-7-12/h6-9,22H,4-5,10-11H2,1-3H3,(H2,21,23,24). The third-order valence-corrected chi connectivity index (χ3v) is 6.39. The minimum Gasteiger partial charge on any atom is -0.382 e. The van der Waals surface area contributed by atoms with Crippen molar-refractivity contribution in [3.63, 3.8) is 0 Å². The van der Waals surface area contributed by atoms with Crippen molar-refractivity contribution in [1.29, 1.82) is 4.78 Å². The normalized spacial score (nSPS) is 13.3. The first-order valence-electron chi connectivity index (χ1n) is 9.65. The van der Waals surface area contributed by atoms with E-state index in [-0.39, 0.29) is 34.4 Å². The predicted molar refractivity (Wildman–Crippen MR) is 115 cm³/mol. The number of imidazole rings is 1. The number of carbonyl (C=O) groups is 1. The summed E-state index contributed by atoms with van der Waals surface area (Å²) in [6, 6.07) is 4.90. The minimum atomic E-state index is -3.33. The van der Waals surface area contributed by atoms with E-state index in [2.05, 4.69) is 9.97 Å². The fourth-order valence-electron chi connectivity index (χ4n) is 3.12. The van der Waals surface area contributed by atoms with E-state index < -0.39 is 27.3 Å². The third-order valence-electron chi connectivity index (χ3n) is 4.81. The van der Waals surface area contributed by atoms with Crippen molar-refractivity contribution >= 4 is 32.7 Å². The van der Waals surface area contributed by atoms with Crippen molar-refractivity contribution < 1.29 is 13.4 Å². The Kier molecular flexibility index (Phi) is 6.11. The molecule has 3 aromatic rings. The largest absolute Gasteiger partial charge is 0.382 e. The Morgan fingerprint density at radius 2 is 1.90 bits per heavy atom. The Morgan fingerprint density at radius 3 is 2.48 bits per heavy atom. The highest BCUT2D eigenvalue weighted by molar-refractivity contribution is 7.92. The lowest BCUT2D eigenvalue weighted by Gasteiger charge is -2.16. The van der Waals surface area contributed by atoms with Crippen LogP contribution in [-0.2, 0) is 16.3 Å². The number of fused-ring (bicyclic) bond motifs is 1. The van der Waals surface area contributed by atoms with E-state index in [9.17, 15) is 18.2 Å². The van der Waals surface area contributed by atoms with E-state index in [0.717, 1.165) is 4.57 Å². The van der Waals surface area contributed by atoms with Gasteiger partial charge in [0.25, 0.3) is 0 Å². The first kappa shape index (κ1) is 22.4. The second kappa shape index (κ2) is 8.46. The molecule has 0 aliphatic heterocycles. The molecular formula is C19H24FN7O3S. The number of nitrogens with one attached hydrogen (secondary N) is 1. The van der Waals surface area contributed by atoms with Gasteiger partial charge >= 0.3 is 11.7 Å².